The average molecular weight is 239 g/mol. The monoisotopic (exact) mass is 238 g/mol. The second kappa shape index (κ2) is 4.44. The fourth-order valence-corrected chi connectivity index (χ4v) is 2.25. The molecule has 1 heterocycles. The molecule has 1 aromatic rings. The molecule has 16 heavy (non-hydrogen) atoms. The van der Waals surface area contributed by atoms with E-state index in [1.807, 2.05) is 25.1 Å². The zero-order chi connectivity index (χ0) is 11.7. The largest absolute Gasteiger partial charge is 0.330 e. The van der Waals surface area contributed by atoms with Gasteiger partial charge in [0.05, 0.1) is 0 Å². The highest BCUT2D eigenvalue weighted by molar-refractivity contribution is 6.32. The second-order valence-corrected chi connectivity index (χ2v) is 4.52. The first-order chi connectivity index (χ1) is 7.65. The lowest BCUT2D eigenvalue weighted by atomic mass is 10.1. The first kappa shape index (κ1) is 11.4. The third kappa shape index (κ3) is 1.81. The molecule has 86 valence electrons. The summed E-state index contributed by atoms with van der Waals surface area (Å²) in [6, 6.07) is 5.68. The molecular weight excluding hydrogens is 224 g/mol. The number of nitrogens with two attached hydrogens (primary N) is 1. The number of fused-ring (bicyclic) bond motifs is 1. The summed E-state index contributed by atoms with van der Waals surface area (Å²) in [5, 5.41) is 0.744. The van der Waals surface area contributed by atoms with Crippen LogP contribution in [-0.2, 0) is 11.2 Å². The molecular formula is C12H15ClN2O. The van der Waals surface area contributed by atoms with Gasteiger partial charge in [-0.1, -0.05) is 24.6 Å². The standard InChI is InChI=1S/C12H15ClN2O/c1-8(7-14)12(16)15-6-5-9-10(13)3-2-4-11(9)15/h2-4,8H,5-7,14H2,1H3. The highest BCUT2D eigenvalue weighted by Crippen LogP contribution is 2.33. The molecule has 0 aromatic heterocycles. The van der Waals surface area contributed by atoms with Crippen LogP contribution >= 0.6 is 11.6 Å². The van der Waals surface area contributed by atoms with Gasteiger partial charge in [-0.2, -0.15) is 0 Å². The molecule has 1 aromatic carbocycles. The van der Waals surface area contributed by atoms with Crippen molar-refractivity contribution in [1.82, 2.24) is 0 Å². The molecule has 0 radical (unpaired) electrons. The Morgan fingerprint density at radius 3 is 3.06 bits per heavy atom. The van der Waals surface area contributed by atoms with Gasteiger partial charge in [0.15, 0.2) is 0 Å². The second-order valence-electron chi connectivity index (χ2n) is 4.11. The van der Waals surface area contributed by atoms with Crippen LogP contribution in [0, 0.1) is 5.92 Å². The van der Waals surface area contributed by atoms with Crippen LogP contribution in [0.4, 0.5) is 5.69 Å². The zero-order valence-electron chi connectivity index (χ0n) is 9.24. The minimum atomic E-state index is -0.134. The molecule has 1 unspecified atom stereocenters. The zero-order valence-corrected chi connectivity index (χ0v) is 10.00. The lowest BCUT2D eigenvalue weighted by Crippen LogP contribution is -2.36. The number of carbonyl (C=O) groups excluding carboxylic acids is 1. The molecule has 0 saturated heterocycles. The molecule has 4 heteroatoms. The highest BCUT2D eigenvalue weighted by atomic mass is 35.5. The smallest absolute Gasteiger partial charge is 0.231 e. The molecule has 0 fully saturated rings. The Labute approximate surface area is 100 Å². The molecule has 1 atom stereocenters. The average Bonchev–Trinajstić information content (AvgIpc) is 2.72. The van der Waals surface area contributed by atoms with E-state index in [2.05, 4.69) is 0 Å². The van der Waals surface area contributed by atoms with Crippen LogP contribution in [0.25, 0.3) is 0 Å². The molecule has 3 nitrogen and oxygen atoms in total. The minimum Gasteiger partial charge on any atom is -0.330 e. The summed E-state index contributed by atoms with van der Waals surface area (Å²) < 4.78 is 0. The molecule has 1 amide bonds. The van der Waals surface area contributed by atoms with E-state index in [0.29, 0.717) is 13.1 Å². The fourth-order valence-electron chi connectivity index (χ4n) is 1.99. The Morgan fingerprint density at radius 2 is 2.38 bits per heavy atom. The van der Waals surface area contributed by atoms with Gasteiger partial charge in [0.25, 0.3) is 0 Å². The predicted octanol–water partition coefficient (Wildman–Crippen LogP) is 1.82. The van der Waals surface area contributed by atoms with Crippen molar-refractivity contribution >= 4 is 23.2 Å². The van der Waals surface area contributed by atoms with Crippen molar-refractivity contribution in [2.24, 2.45) is 11.7 Å². The van der Waals surface area contributed by atoms with Crippen LogP contribution in [0.1, 0.15) is 12.5 Å². The molecule has 0 bridgehead atoms. The van der Waals surface area contributed by atoms with E-state index < -0.39 is 0 Å². The van der Waals surface area contributed by atoms with Crippen LogP contribution in [0.15, 0.2) is 18.2 Å². The third-order valence-electron chi connectivity index (χ3n) is 3.01. The van der Waals surface area contributed by atoms with Crippen LogP contribution in [0.5, 0.6) is 0 Å². The summed E-state index contributed by atoms with van der Waals surface area (Å²) in [6.07, 6.45) is 0.831. The van der Waals surface area contributed by atoms with Crippen molar-refractivity contribution in [3.63, 3.8) is 0 Å². The lowest BCUT2D eigenvalue weighted by molar-refractivity contribution is -0.121. The maximum atomic E-state index is 12.1. The molecule has 1 aliphatic rings. The van der Waals surface area contributed by atoms with E-state index in [0.717, 1.165) is 22.7 Å². The number of anilines is 1. The number of halogens is 1. The normalized spacial score (nSPS) is 16.1. The van der Waals surface area contributed by atoms with Gasteiger partial charge in [0.1, 0.15) is 0 Å². The molecule has 2 rings (SSSR count). The number of amides is 1. The Morgan fingerprint density at radius 1 is 1.62 bits per heavy atom. The van der Waals surface area contributed by atoms with Crippen LogP contribution in [0.2, 0.25) is 5.02 Å². The molecule has 0 saturated carbocycles. The summed E-state index contributed by atoms with van der Waals surface area (Å²) in [7, 11) is 0. The lowest BCUT2D eigenvalue weighted by Gasteiger charge is -2.20. The molecule has 1 aliphatic heterocycles. The van der Waals surface area contributed by atoms with Gasteiger partial charge in [-0.05, 0) is 24.1 Å². The topological polar surface area (TPSA) is 46.3 Å². The predicted molar refractivity (Wildman–Crippen MR) is 65.7 cm³/mol. The summed E-state index contributed by atoms with van der Waals surface area (Å²) in [5.74, 6) is -0.0477. The van der Waals surface area contributed by atoms with Crippen LogP contribution in [-0.4, -0.2) is 19.0 Å². The van der Waals surface area contributed by atoms with Crippen LogP contribution in [0.3, 0.4) is 0 Å². The summed E-state index contributed by atoms with van der Waals surface area (Å²) >= 11 is 6.09. The maximum Gasteiger partial charge on any atom is 0.231 e. The highest BCUT2D eigenvalue weighted by Gasteiger charge is 2.28. The van der Waals surface area contributed by atoms with Gasteiger partial charge in [-0.25, -0.2) is 0 Å². The third-order valence-corrected chi connectivity index (χ3v) is 3.37. The van der Waals surface area contributed by atoms with E-state index in [4.69, 9.17) is 17.3 Å². The number of hydrogen-bond acceptors (Lipinski definition) is 2. The van der Waals surface area contributed by atoms with Gasteiger partial charge in [0, 0.05) is 29.7 Å². The summed E-state index contributed by atoms with van der Waals surface area (Å²) in [4.78, 5) is 13.8. The van der Waals surface area contributed by atoms with E-state index in [1.165, 1.54) is 0 Å². The van der Waals surface area contributed by atoms with Crippen LogP contribution < -0.4 is 10.6 Å². The van der Waals surface area contributed by atoms with E-state index >= 15 is 0 Å². The minimum absolute atomic E-state index is 0.0866. The van der Waals surface area contributed by atoms with Gasteiger partial charge in [-0.3, -0.25) is 4.79 Å². The van der Waals surface area contributed by atoms with E-state index in [1.54, 1.807) is 4.90 Å². The van der Waals surface area contributed by atoms with Gasteiger partial charge >= 0.3 is 0 Å². The number of rotatable bonds is 2. The van der Waals surface area contributed by atoms with Crippen molar-refractivity contribution in [3.05, 3.63) is 28.8 Å². The van der Waals surface area contributed by atoms with Gasteiger partial charge in [-0.15, -0.1) is 0 Å². The first-order valence-electron chi connectivity index (χ1n) is 5.44. The quantitative estimate of drug-likeness (QED) is 0.855. The number of hydrogen-bond donors (Lipinski definition) is 1. The Kier molecular flexibility index (Phi) is 3.17. The summed E-state index contributed by atoms with van der Waals surface area (Å²) in [6.45, 7) is 2.94. The van der Waals surface area contributed by atoms with Crippen molar-refractivity contribution < 1.29 is 4.79 Å². The first-order valence-corrected chi connectivity index (χ1v) is 5.81. The van der Waals surface area contributed by atoms with Gasteiger partial charge in [0.2, 0.25) is 5.91 Å². The fraction of sp³-hybridized carbons (Fsp3) is 0.417. The number of carbonyl (C=O) groups is 1. The van der Waals surface area contributed by atoms with Crippen molar-refractivity contribution in [2.45, 2.75) is 13.3 Å². The Hall–Kier alpha value is -1.06. The SMILES string of the molecule is CC(CN)C(=O)N1CCc2c(Cl)cccc21. The molecule has 0 spiro atoms. The van der Waals surface area contributed by atoms with Crippen molar-refractivity contribution in [1.29, 1.82) is 0 Å². The van der Waals surface area contributed by atoms with Gasteiger partial charge < -0.3 is 10.6 Å². The van der Waals surface area contributed by atoms with Crippen molar-refractivity contribution in [3.8, 4) is 0 Å². The molecule has 0 aliphatic carbocycles. The van der Waals surface area contributed by atoms with Crippen molar-refractivity contribution in [2.75, 3.05) is 18.0 Å². The summed E-state index contributed by atoms with van der Waals surface area (Å²) in [5.41, 5.74) is 7.53. The number of nitrogens with zero attached hydrogens (tertiary/aromatic N) is 1. The van der Waals surface area contributed by atoms with E-state index in [9.17, 15) is 4.79 Å². The number of benzene rings is 1. The Balaban J connectivity index is 2.30. The molecule has 2 N–H and O–H groups in total. The van der Waals surface area contributed by atoms with E-state index in [-0.39, 0.29) is 11.8 Å². The maximum absolute atomic E-state index is 12.1. The Bertz CT molecular complexity index is 419.